The van der Waals surface area contributed by atoms with Gasteiger partial charge in [0.15, 0.2) is 0 Å². The van der Waals surface area contributed by atoms with Gasteiger partial charge in [0.05, 0.1) is 32.1 Å². The van der Waals surface area contributed by atoms with E-state index in [-0.39, 0.29) is 12.5 Å². The molecule has 1 aliphatic heterocycles. The maximum absolute atomic E-state index is 14.4. The summed E-state index contributed by atoms with van der Waals surface area (Å²) in [7, 11) is 1.49. The Hall–Kier alpha value is -2.97. The van der Waals surface area contributed by atoms with Crippen molar-refractivity contribution in [2.75, 3.05) is 17.8 Å². The van der Waals surface area contributed by atoms with E-state index < -0.39 is 12.0 Å². The number of furan rings is 1. The van der Waals surface area contributed by atoms with Crippen molar-refractivity contribution in [3.05, 3.63) is 77.5 Å². The largest absolute Gasteiger partial charge is 0.496 e. The number of carbonyl (C=O) groups excluding carboxylic acids is 1. The number of hydrogen-bond donors (Lipinski definition) is 2. The first kappa shape index (κ1) is 20.3. The first-order chi connectivity index (χ1) is 14.6. The molecule has 2 heterocycles. The van der Waals surface area contributed by atoms with Crippen LogP contribution >= 0.6 is 11.8 Å². The molecule has 0 radical (unpaired) electrons. The highest BCUT2D eigenvalue weighted by Crippen LogP contribution is 2.39. The van der Waals surface area contributed by atoms with Gasteiger partial charge in [0.2, 0.25) is 0 Å². The van der Waals surface area contributed by atoms with Gasteiger partial charge in [-0.3, -0.25) is 4.79 Å². The van der Waals surface area contributed by atoms with E-state index in [0.717, 1.165) is 10.6 Å². The summed E-state index contributed by atoms with van der Waals surface area (Å²) >= 11 is 1.46. The minimum absolute atomic E-state index is 0.147. The summed E-state index contributed by atoms with van der Waals surface area (Å²) in [4.78, 5) is 15.1. The van der Waals surface area contributed by atoms with Crippen LogP contribution in [0, 0.1) is 5.82 Å². The Balaban J connectivity index is 1.56. The van der Waals surface area contributed by atoms with E-state index in [1.807, 2.05) is 0 Å². The SMILES string of the molecule is COc1cccc(F)c1CN1c2ccc(C(=O)NCc3ccco3)cc2SCC1O. The van der Waals surface area contributed by atoms with Crippen molar-refractivity contribution >= 4 is 23.4 Å². The number of fused-ring (bicyclic) bond motifs is 1. The summed E-state index contributed by atoms with van der Waals surface area (Å²) in [6.45, 7) is 0.447. The number of methoxy groups -OCH3 is 1. The number of anilines is 1. The molecular weight excluding hydrogens is 407 g/mol. The number of nitrogens with zero attached hydrogens (tertiary/aromatic N) is 1. The Morgan fingerprint density at radius 3 is 2.97 bits per heavy atom. The van der Waals surface area contributed by atoms with Crippen molar-refractivity contribution < 1.29 is 23.4 Å². The molecule has 0 spiro atoms. The van der Waals surface area contributed by atoms with Crippen molar-refractivity contribution in [1.29, 1.82) is 0 Å². The standard InChI is InChI=1S/C22H21FN2O4S/c1-28-19-6-2-5-17(23)16(19)12-25-18-8-7-14(10-20(18)30-13-21(25)26)22(27)24-11-15-4-3-9-29-15/h2-10,21,26H,11-13H2,1H3,(H,24,27). The second-order valence-corrected chi connectivity index (χ2v) is 7.85. The Kier molecular flexibility index (Phi) is 5.96. The zero-order valence-corrected chi connectivity index (χ0v) is 17.1. The van der Waals surface area contributed by atoms with Gasteiger partial charge in [-0.1, -0.05) is 6.07 Å². The van der Waals surface area contributed by atoms with Gasteiger partial charge < -0.3 is 24.5 Å². The van der Waals surface area contributed by atoms with Crippen LogP contribution in [0.15, 0.2) is 64.1 Å². The molecule has 1 aromatic heterocycles. The van der Waals surface area contributed by atoms with Crippen LogP contribution in [-0.4, -0.2) is 30.1 Å². The Morgan fingerprint density at radius 1 is 1.33 bits per heavy atom. The highest BCUT2D eigenvalue weighted by atomic mass is 32.2. The fourth-order valence-electron chi connectivity index (χ4n) is 3.35. The predicted molar refractivity (Wildman–Crippen MR) is 112 cm³/mol. The third kappa shape index (κ3) is 4.15. The number of ether oxygens (including phenoxy) is 1. The summed E-state index contributed by atoms with van der Waals surface area (Å²) in [5.74, 6) is 0.888. The minimum Gasteiger partial charge on any atom is -0.496 e. The van der Waals surface area contributed by atoms with E-state index in [1.54, 1.807) is 53.6 Å². The Labute approximate surface area is 177 Å². The average molecular weight is 428 g/mol. The predicted octanol–water partition coefficient (Wildman–Crippen LogP) is 3.79. The molecule has 0 bridgehead atoms. The highest BCUT2D eigenvalue weighted by molar-refractivity contribution is 7.99. The van der Waals surface area contributed by atoms with Gasteiger partial charge in [0, 0.05) is 21.8 Å². The molecule has 156 valence electrons. The number of nitrogens with one attached hydrogen (secondary N) is 1. The summed E-state index contributed by atoms with van der Waals surface area (Å²) in [5.41, 5.74) is 1.62. The van der Waals surface area contributed by atoms with Gasteiger partial charge in [-0.05, 0) is 42.5 Å². The summed E-state index contributed by atoms with van der Waals surface area (Å²) in [5, 5.41) is 13.4. The van der Waals surface area contributed by atoms with E-state index >= 15 is 0 Å². The molecule has 3 aromatic rings. The van der Waals surface area contributed by atoms with Gasteiger partial charge >= 0.3 is 0 Å². The van der Waals surface area contributed by atoms with E-state index in [4.69, 9.17) is 9.15 Å². The first-order valence-corrected chi connectivity index (χ1v) is 10.4. The molecule has 1 aliphatic rings. The van der Waals surface area contributed by atoms with Crippen LogP contribution in [0.1, 0.15) is 21.7 Å². The Bertz CT molecular complexity index is 1040. The van der Waals surface area contributed by atoms with Crippen molar-refractivity contribution in [3.8, 4) is 5.75 Å². The van der Waals surface area contributed by atoms with Crippen LogP contribution in [0.5, 0.6) is 5.75 Å². The maximum Gasteiger partial charge on any atom is 0.251 e. The average Bonchev–Trinajstić information content (AvgIpc) is 3.28. The van der Waals surface area contributed by atoms with Gasteiger partial charge in [-0.25, -0.2) is 4.39 Å². The molecule has 2 N–H and O–H groups in total. The number of amides is 1. The van der Waals surface area contributed by atoms with Crippen LogP contribution in [0.25, 0.3) is 0 Å². The lowest BCUT2D eigenvalue weighted by Crippen LogP contribution is -2.39. The van der Waals surface area contributed by atoms with Crippen LogP contribution in [-0.2, 0) is 13.1 Å². The molecule has 8 heteroatoms. The molecule has 0 saturated heterocycles. The van der Waals surface area contributed by atoms with Crippen LogP contribution in [0.2, 0.25) is 0 Å². The number of thioether (sulfide) groups is 1. The fourth-order valence-corrected chi connectivity index (χ4v) is 4.40. The third-order valence-electron chi connectivity index (χ3n) is 4.91. The quantitative estimate of drug-likeness (QED) is 0.622. The molecule has 4 rings (SSSR count). The molecule has 1 amide bonds. The minimum atomic E-state index is -0.787. The second-order valence-electron chi connectivity index (χ2n) is 6.78. The maximum atomic E-state index is 14.4. The Morgan fingerprint density at radius 2 is 2.20 bits per heavy atom. The molecule has 1 atom stereocenters. The first-order valence-electron chi connectivity index (χ1n) is 9.40. The molecule has 30 heavy (non-hydrogen) atoms. The molecule has 0 fully saturated rings. The summed E-state index contributed by atoms with van der Waals surface area (Å²) in [6, 6.07) is 13.5. The van der Waals surface area contributed by atoms with Crippen LogP contribution in [0.3, 0.4) is 0 Å². The number of benzene rings is 2. The number of aliphatic hydroxyl groups excluding tert-OH is 1. The molecule has 1 unspecified atom stereocenters. The number of carbonyl (C=O) groups is 1. The molecule has 6 nitrogen and oxygen atoms in total. The van der Waals surface area contributed by atoms with Crippen LogP contribution in [0.4, 0.5) is 10.1 Å². The van der Waals surface area contributed by atoms with Gasteiger partial charge in [-0.2, -0.15) is 0 Å². The van der Waals surface area contributed by atoms with Gasteiger partial charge in [0.1, 0.15) is 23.6 Å². The summed E-state index contributed by atoms with van der Waals surface area (Å²) < 4.78 is 24.9. The zero-order chi connectivity index (χ0) is 21.1. The molecular formula is C22H21FN2O4S. The number of hydrogen-bond acceptors (Lipinski definition) is 6. The lowest BCUT2D eigenvalue weighted by molar-refractivity contribution is 0.0948. The van der Waals surface area contributed by atoms with Gasteiger partial charge in [0.25, 0.3) is 5.91 Å². The topological polar surface area (TPSA) is 74.9 Å². The van der Waals surface area contributed by atoms with Gasteiger partial charge in [-0.15, -0.1) is 11.8 Å². The number of rotatable bonds is 6. The van der Waals surface area contributed by atoms with Crippen LogP contribution < -0.4 is 15.0 Å². The van der Waals surface area contributed by atoms with E-state index in [9.17, 15) is 14.3 Å². The normalized spacial score (nSPS) is 15.6. The van der Waals surface area contributed by atoms with E-state index in [0.29, 0.717) is 34.9 Å². The fraction of sp³-hybridized carbons (Fsp3) is 0.227. The van der Waals surface area contributed by atoms with Crippen molar-refractivity contribution in [2.24, 2.45) is 0 Å². The smallest absolute Gasteiger partial charge is 0.251 e. The number of halogens is 1. The van der Waals surface area contributed by atoms with Crippen molar-refractivity contribution in [2.45, 2.75) is 24.2 Å². The second kappa shape index (κ2) is 8.81. The molecule has 0 aliphatic carbocycles. The number of aliphatic hydroxyl groups is 1. The lowest BCUT2D eigenvalue weighted by atomic mass is 10.1. The zero-order valence-electron chi connectivity index (χ0n) is 16.3. The third-order valence-corrected chi connectivity index (χ3v) is 6.01. The van der Waals surface area contributed by atoms with E-state index in [2.05, 4.69) is 5.32 Å². The highest BCUT2D eigenvalue weighted by Gasteiger charge is 2.28. The van der Waals surface area contributed by atoms with Crippen molar-refractivity contribution in [3.63, 3.8) is 0 Å². The van der Waals surface area contributed by atoms with E-state index in [1.165, 1.54) is 24.9 Å². The molecule has 2 aromatic carbocycles. The summed E-state index contributed by atoms with van der Waals surface area (Å²) in [6.07, 6.45) is 0.770. The van der Waals surface area contributed by atoms with Crippen molar-refractivity contribution in [1.82, 2.24) is 5.32 Å². The molecule has 0 saturated carbocycles. The monoisotopic (exact) mass is 428 g/mol. The lowest BCUT2D eigenvalue weighted by Gasteiger charge is -2.36.